The van der Waals surface area contributed by atoms with Gasteiger partial charge in [-0.2, -0.15) is 4.98 Å². The summed E-state index contributed by atoms with van der Waals surface area (Å²) in [4.78, 5) is 19.3. The maximum Gasteiger partial charge on any atom is 0.225 e. The van der Waals surface area contributed by atoms with Gasteiger partial charge in [0, 0.05) is 18.0 Å². The van der Waals surface area contributed by atoms with E-state index in [4.69, 9.17) is 11.6 Å². The molecule has 0 radical (unpaired) electrons. The van der Waals surface area contributed by atoms with Gasteiger partial charge in [0.25, 0.3) is 0 Å². The van der Waals surface area contributed by atoms with E-state index in [0.717, 1.165) is 11.1 Å². The van der Waals surface area contributed by atoms with Crippen molar-refractivity contribution in [2.45, 2.75) is 0 Å². The maximum atomic E-state index is 5.83. The Morgan fingerprint density at radius 2 is 2.19 bits per heavy atom. The first-order valence-corrected chi connectivity index (χ1v) is 4.99. The molecule has 3 aromatic heterocycles. The largest absolute Gasteiger partial charge is 0.341 e. The highest BCUT2D eigenvalue weighted by Gasteiger charge is 2.10. The summed E-state index contributed by atoms with van der Waals surface area (Å²) in [5.41, 5.74) is 2.90. The van der Waals surface area contributed by atoms with Gasteiger partial charge in [0.2, 0.25) is 5.28 Å². The Morgan fingerprint density at radius 3 is 3.00 bits per heavy atom. The third-order valence-corrected chi connectivity index (χ3v) is 2.36. The van der Waals surface area contributed by atoms with E-state index in [-0.39, 0.29) is 5.28 Å². The van der Waals surface area contributed by atoms with Crippen LogP contribution in [0.3, 0.4) is 0 Å². The fourth-order valence-electron chi connectivity index (χ4n) is 1.52. The summed E-state index contributed by atoms with van der Waals surface area (Å²) < 4.78 is 0. The molecular weight excluding hydrogens is 226 g/mol. The molecule has 0 spiro atoms. The van der Waals surface area contributed by atoms with Gasteiger partial charge in [0.15, 0.2) is 5.65 Å². The van der Waals surface area contributed by atoms with Gasteiger partial charge in [-0.3, -0.25) is 4.98 Å². The number of pyridine rings is 1. The Morgan fingerprint density at radius 1 is 1.25 bits per heavy atom. The highest BCUT2D eigenvalue weighted by molar-refractivity contribution is 6.28. The highest BCUT2D eigenvalue weighted by Crippen LogP contribution is 2.23. The van der Waals surface area contributed by atoms with E-state index in [2.05, 4.69) is 24.9 Å². The van der Waals surface area contributed by atoms with Crippen molar-refractivity contribution >= 4 is 22.8 Å². The lowest BCUT2D eigenvalue weighted by Gasteiger charge is -2.01. The summed E-state index contributed by atoms with van der Waals surface area (Å²) in [5.74, 6) is 0. The highest BCUT2D eigenvalue weighted by atomic mass is 35.5. The van der Waals surface area contributed by atoms with Crippen molar-refractivity contribution in [3.63, 3.8) is 0 Å². The summed E-state index contributed by atoms with van der Waals surface area (Å²) in [6, 6.07) is 3.75. The van der Waals surface area contributed by atoms with Gasteiger partial charge in [-0.25, -0.2) is 9.97 Å². The number of nitrogens with one attached hydrogen (secondary N) is 1. The van der Waals surface area contributed by atoms with E-state index < -0.39 is 0 Å². The first-order chi connectivity index (χ1) is 7.84. The van der Waals surface area contributed by atoms with Gasteiger partial charge in [-0.15, -0.1) is 0 Å². The van der Waals surface area contributed by atoms with Crippen LogP contribution in [0.4, 0.5) is 0 Å². The molecule has 0 aromatic carbocycles. The monoisotopic (exact) mass is 231 g/mol. The molecule has 78 valence electrons. The molecule has 0 atom stereocenters. The molecular formula is C10H6ClN5. The maximum absolute atomic E-state index is 5.83. The zero-order chi connectivity index (χ0) is 11.0. The molecule has 0 fully saturated rings. The topological polar surface area (TPSA) is 67.3 Å². The minimum atomic E-state index is 0.179. The normalized spacial score (nSPS) is 10.8. The van der Waals surface area contributed by atoms with Crippen molar-refractivity contribution in [2.75, 3.05) is 0 Å². The minimum absolute atomic E-state index is 0.179. The molecule has 0 bridgehead atoms. The van der Waals surface area contributed by atoms with Crippen LogP contribution in [0.5, 0.6) is 0 Å². The number of aromatic nitrogens is 5. The SMILES string of the molecule is Clc1nc(-c2cccnc2)c2[nH]cnc2n1. The Labute approximate surface area is 95.6 Å². The van der Waals surface area contributed by atoms with Crippen LogP contribution in [0.15, 0.2) is 30.9 Å². The second-order valence-corrected chi connectivity index (χ2v) is 3.52. The number of rotatable bonds is 1. The van der Waals surface area contributed by atoms with Crippen LogP contribution in [0, 0.1) is 0 Å². The molecule has 3 rings (SSSR count). The fraction of sp³-hybridized carbons (Fsp3) is 0. The van der Waals surface area contributed by atoms with Crippen LogP contribution in [0.2, 0.25) is 5.28 Å². The summed E-state index contributed by atoms with van der Waals surface area (Å²) in [6.45, 7) is 0. The van der Waals surface area contributed by atoms with Gasteiger partial charge in [0.1, 0.15) is 11.2 Å². The van der Waals surface area contributed by atoms with Gasteiger partial charge >= 0.3 is 0 Å². The first-order valence-electron chi connectivity index (χ1n) is 4.61. The van der Waals surface area contributed by atoms with Crippen LogP contribution in [0.25, 0.3) is 22.4 Å². The van der Waals surface area contributed by atoms with Crippen molar-refractivity contribution in [3.05, 3.63) is 36.1 Å². The Kier molecular flexibility index (Phi) is 2.04. The lowest BCUT2D eigenvalue weighted by molar-refractivity contribution is 1.19. The predicted octanol–water partition coefficient (Wildman–Crippen LogP) is 2.07. The Hall–Kier alpha value is -2.01. The first kappa shape index (κ1) is 9.23. The molecule has 3 heterocycles. The molecule has 6 heteroatoms. The van der Waals surface area contributed by atoms with E-state index in [1.807, 2.05) is 12.1 Å². The van der Waals surface area contributed by atoms with Gasteiger partial charge in [-0.1, -0.05) is 0 Å². The average molecular weight is 232 g/mol. The van der Waals surface area contributed by atoms with Crippen LogP contribution in [-0.4, -0.2) is 24.9 Å². The standard InChI is InChI=1S/C10H6ClN5/c11-10-15-7(6-2-1-3-12-4-6)8-9(16-10)14-5-13-8/h1-5H,(H,13,14,15,16). The molecule has 5 nitrogen and oxygen atoms in total. The molecule has 0 saturated heterocycles. The van der Waals surface area contributed by atoms with Crippen molar-refractivity contribution in [3.8, 4) is 11.3 Å². The molecule has 0 aliphatic rings. The summed E-state index contributed by atoms with van der Waals surface area (Å²) >= 11 is 5.83. The lowest BCUT2D eigenvalue weighted by Crippen LogP contribution is -1.90. The number of halogens is 1. The van der Waals surface area contributed by atoms with Crippen LogP contribution in [-0.2, 0) is 0 Å². The molecule has 3 aromatic rings. The van der Waals surface area contributed by atoms with Crippen molar-refractivity contribution in [2.24, 2.45) is 0 Å². The zero-order valence-electron chi connectivity index (χ0n) is 8.05. The second-order valence-electron chi connectivity index (χ2n) is 3.18. The zero-order valence-corrected chi connectivity index (χ0v) is 8.81. The van der Waals surface area contributed by atoms with Crippen LogP contribution >= 0.6 is 11.6 Å². The number of H-pyrrole nitrogens is 1. The molecule has 0 aliphatic carbocycles. The van der Waals surface area contributed by atoms with Crippen molar-refractivity contribution < 1.29 is 0 Å². The molecule has 16 heavy (non-hydrogen) atoms. The summed E-state index contributed by atoms with van der Waals surface area (Å²) in [7, 11) is 0. The number of nitrogens with zero attached hydrogens (tertiary/aromatic N) is 4. The smallest absolute Gasteiger partial charge is 0.225 e. The van der Waals surface area contributed by atoms with Gasteiger partial charge < -0.3 is 4.98 Å². The summed E-state index contributed by atoms with van der Waals surface area (Å²) in [5, 5.41) is 0.179. The number of imidazole rings is 1. The lowest BCUT2D eigenvalue weighted by atomic mass is 10.2. The fourth-order valence-corrected chi connectivity index (χ4v) is 1.68. The van der Waals surface area contributed by atoms with E-state index in [0.29, 0.717) is 11.3 Å². The van der Waals surface area contributed by atoms with Crippen LogP contribution < -0.4 is 0 Å². The van der Waals surface area contributed by atoms with Crippen molar-refractivity contribution in [1.29, 1.82) is 0 Å². The summed E-state index contributed by atoms with van der Waals surface area (Å²) in [6.07, 6.45) is 4.99. The van der Waals surface area contributed by atoms with E-state index in [1.54, 1.807) is 18.7 Å². The van der Waals surface area contributed by atoms with E-state index >= 15 is 0 Å². The molecule has 0 saturated carbocycles. The third-order valence-electron chi connectivity index (χ3n) is 2.19. The molecule has 0 amide bonds. The Bertz CT molecular complexity index is 634. The van der Waals surface area contributed by atoms with Gasteiger partial charge in [-0.05, 0) is 23.7 Å². The molecule has 0 aliphatic heterocycles. The minimum Gasteiger partial charge on any atom is -0.341 e. The number of hydrogen-bond acceptors (Lipinski definition) is 4. The Balaban J connectivity index is 2.34. The van der Waals surface area contributed by atoms with E-state index in [1.165, 1.54) is 0 Å². The number of aromatic amines is 1. The third kappa shape index (κ3) is 1.42. The van der Waals surface area contributed by atoms with Gasteiger partial charge in [0.05, 0.1) is 6.33 Å². The van der Waals surface area contributed by atoms with E-state index in [9.17, 15) is 0 Å². The van der Waals surface area contributed by atoms with Crippen molar-refractivity contribution in [1.82, 2.24) is 24.9 Å². The average Bonchev–Trinajstić information content (AvgIpc) is 2.77. The molecule has 1 N–H and O–H groups in total. The number of fused-ring (bicyclic) bond motifs is 1. The number of hydrogen-bond donors (Lipinski definition) is 1. The molecule has 0 unspecified atom stereocenters. The predicted molar refractivity (Wildman–Crippen MR) is 59.9 cm³/mol. The van der Waals surface area contributed by atoms with Crippen LogP contribution in [0.1, 0.15) is 0 Å². The second kappa shape index (κ2) is 3.53. The quantitative estimate of drug-likeness (QED) is 0.651.